The van der Waals surface area contributed by atoms with Gasteiger partial charge in [-0.1, -0.05) is 23.7 Å². The Morgan fingerprint density at radius 2 is 1.32 bits per heavy atom. The van der Waals surface area contributed by atoms with Crippen LogP contribution in [0, 0.1) is 0 Å². The van der Waals surface area contributed by atoms with Crippen LogP contribution in [0.1, 0.15) is 68.8 Å². The summed E-state index contributed by atoms with van der Waals surface area (Å²) in [4.78, 5) is 31.8. The van der Waals surface area contributed by atoms with Gasteiger partial charge in [-0.2, -0.15) is 36.5 Å². The molecular weight excluding hydrogens is 764 g/mol. The van der Waals surface area contributed by atoms with Crippen molar-refractivity contribution in [2.45, 2.75) is 32.1 Å². The third-order valence-electron chi connectivity index (χ3n) is 6.40. The normalized spacial score (nSPS) is 12.2. The van der Waals surface area contributed by atoms with E-state index < -0.39 is 80.4 Å². The molecule has 23 heteroatoms. The number of benzene rings is 1. The number of halogens is 7. The monoisotopic (exact) mass is 780 g/mol. The molecule has 4 aromatic heterocycles. The first-order chi connectivity index (χ1) is 22.6. The van der Waals surface area contributed by atoms with Crippen LogP contribution in [0.15, 0.2) is 35.0 Å². The van der Waals surface area contributed by atoms with Crippen LogP contribution < -0.4 is 69.3 Å². The zero-order chi connectivity index (χ0) is 35.1. The number of hydrogen-bond donors (Lipinski definition) is 0. The average Bonchev–Trinajstić information content (AvgIpc) is 3.80. The maximum Gasteiger partial charge on any atom is 1.00 e. The quantitative estimate of drug-likeness (QED) is 0.107. The van der Waals surface area contributed by atoms with Crippen molar-refractivity contribution < 1.29 is 115 Å². The second kappa shape index (κ2) is 16.3. The van der Waals surface area contributed by atoms with E-state index in [1.165, 1.54) is 13.8 Å². The fourth-order valence-electron chi connectivity index (χ4n) is 4.55. The van der Waals surface area contributed by atoms with E-state index in [4.69, 9.17) is 21.1 Å². The molecule has 0 N–H and O–H groups in total. The molecule has 5 aromatic rings. The Balaban J connectivity index is 0.00000338. The molecule has 0 aliphatic carbocycles. The fraction of sp³-hybridized carbons (Fsp3) is 0.259. The Kier molecular flexibility index (Phi) is 13.6. The minimum Gasteiger partial charge on any atom is -0.858 e. The molecule has 0 amide bonds. The molecule has 0 aliphatic heterocycles. The first kappa shape index (κ1) is 41.7. The third kappa shape index (κ3) is 8.34. The zero-order valence-electron chi connectivity index (χ0n) is 26.1. The maximum atomic E-state index is 14.9. The van der Waals surface area contributed by atoms with Crippen LogP contribution in [0.5, 0.6) is 11.8 Å². The topological polar surface area (TPSA) is 160 Å². The number of esters is 2. The van der Waals surface area contributed by atoms with Gasteiger partial charge in [0.05, 0.1) is 13.2 Å². The van der Waals surface area contributed by atoms with Crippen LogP contribution in [-0.4, -0.2) is 54.7 Å². The molecule has 0 radical (unpaired) electrons. The number of thiazole rings is 2. The van der Waals surface area contributed by atoms with Gasteiger partial charge < -0.3 is 19.7 Å². The van der Waals surface area contributed by atoms with E-state index in [0.717, 1.165) is 35.0 Å². The minimum atomic E-state index is -5.48. The van der Waals surface area contributed by atoms with Gasteiger partial charge in [0, 0.05) is 38.7 Å². The molecule has 0 bridgehead atoms. The Labute approximate surface area is 334 Å². The Hall–Kier alpha value is -2.69. The first-order valence-electron chi connectivity index (χ1n) is 13.3. The molecule has 254 valence electrons. The number of hydrogen-bond acceptors (Lipinski definition) is 12. The second-order valence-corrected chi connectivity index (χ2v) is 11.5. The van der Waals surface area contributed by atoms with Gasteiger partial charge in [0.1, 0.15) is 0 Å². The van der Waals surface area contributed by atoms with E-state index in [1.54, 1.807) is 0 Å². The zero-order valence-corrected chi connectivity index (χ0v) is 32.4. The minimum absolute atomic E-state index is 0. The first-order valence-corrected chi connectivity index (χ1v) is 15.5. The molecule has 12 nitrogen and oxygen atoms in total. The SMILES string of the molecule is CCOC(=O)c1csc(-n2nc(C(F)(F)F)c(C(c3ccc(Cl)cc3)c3c([O-])nn(-c4nc(C(=O)OCC)cs4)c3C(F)(F)F)c2[O-])n1.[Na+].[Na+]. The molecule has 1 aromatic carbocycles. The molecule has 1 unspecified atom stereocenters. The Bertz CT molecular complexity index is 2000. The third-order valence-corrected chi connectivity index (χ3v) is 8.28. The number of alkyl halides is 6. The summed E-state index contributed by atoms with van der Waals surface area (Å²) in [6, 6.07) is 4.33. The van der Waals surface area contributed by atoms with Crippen LogP contribution in [0.2, 0.25) is 5.02 Å². The smallest absolute Gasteiger partial charge is 0.858 e. The number of rotatable bonds is 9. The predicted octanol–water partition coefficient (Wildman–Crippen LogP) is -0.649. The number of carbonyl (C=O) groups is 2. The molecule has 0 spiro atoms. The van der Waals surface area contributed by atoms with Gasteiger partial charge >= 0.3 is 83.4 Å². The van der Waals surface area contributed by atoms with Gasteiger partial charge in [-0.3, -0.25) is 0 Å². The van der Waals surface area contributed by atoms with Crippen molar-refractivity contribution in [3.05, 3.63) is 79.5 Å². The van der Waals surface area contributed by atoms with Gasteiger partial charge in [0.15, 0.2) is 22.8 Å². The summed E-state index contributed by atoms with van der Waals surface area (Å²) in [6.45, 7) is 2.81. The molecule has 0 aliphatic rings. The second-order valence-electron chi connectivity index (χ2n) is 9.41. The predicted molar refractivity (Wildman–Crippen MR) is 152 cm³/mol. The van der Waals surface area contributed by atoms with Crippen LogP contribution in [0.3, 0.4) is 0 Å². The molecule has 50 heavy (non-hydrogen) atoms. The standard InChI is InChI=1S/C27H19ClF6N6O6S2.2Na/c1-3-45-22(43)13-9-47-24(35-13)39-19(27(32,33)34)17(20(41)38-39)15(11-5-7-12(28)8-6-11)16-18(26(29,30)31)37-40(21(16)42)25-36-14(10-48-25)23(44)46-4-2;;/h5-10,15,42H,3-4H2,1-2H3,(H,38,41);;/q;2*+1/p-2. The summed E-state index contributed by atoms with van der Waals surface area (Å²) in [7, 11) is 0. The fourth-order valence-corrected chi connectivity index (χ4v) is 6.16. The van der Waals surface area contributed by atoms with Crippen molar-refractivity contribution in [1.29, 1.82) is 0 Å². The number of carbonyl (C=O) groups excluding carboxylic acids is 2. The molecule has 0 saturated carbocycles. The average molecular weight is 781 g/mol. The van der Waals surface area contributed by atoms with E-state index in [9.17, 15) is 46.1 Å². The van der Waals surface area contributed by atoms with Crippen LogP contribution in [-0.2, 0) is 21.8 Å². The summed E-state index contributed by atoms with van der Waals surface area (Å²) in [6.07, 6.45) is -10.9. The molecule has 0 fully saturated rings. The van der Waals surface area contributed by atoms with Gasteiger partial charge in [-0.15, -0.1) is 22.7 Å². The van der Waals surface area contributed by atoms with Crippen molar-refractivity contribution in [1.82, 2.24) is 29.5 Å². The van der Waals surface area contributed by atoms with Crippen molar-refractivity contribution in [2.24, 2.45) is 0 Å². The Morgan fingerprint density at radius 3 is 1.78 bits per heavy atom. The van der Waals surface area contributed by atoms with E-state index in [0.29, 0.717) is 22.7 Å². The van der Waals surface area contributed by atoms with E-state index in [2.05, 4.69) is 20.2 Å². The van der Waals surface area contributed by atoms with Crippen LogP contribution >= 0.6 is 34.3 Å². The molecule has 4 heterocycles. The van der Waals surface area contributed by atoms with Crippen molar-refractivity contribution in [3.8, 4) is 22.0 Å². The van der Waals surface area contributed by atoms with Crippen molar-refractivity contribution >= 4 is 46.2 Å². The summed E-state index contributed by atoms with van der Waals surface area (Å²) in [5, 5.41) is 35.0. The van der Waals surface area contributed by atoms with Crippen LogP contribution in [0.25, 0.3) is 10.3 Å². The molecular formula is C27H17ClF6N6Na2O6S2. The van der Waals surface area contributed by atoms with Crippen molar-refractivity contribution in [3.63, 3.8) is 0 Å². The molecule has 1 atom stereocenters. The largest absolute Gasteiger partial charge is 1.00 e. The van der Waals surface area contributed by atoms with Crippen molar-refractivity contribution in [2.75, 3.05) is 13.2 Å². The van der Waals surface area contributed by atoms with Gasteiger partial charge in [-0.05, 0) is 37.4 Å². The summed E-state index contributed by atoms with van der Waals surface area (Å²) >= 11 is 6.94. The van der Waals surface area contributed by atoms with Gasteiger partial charge in [-0.25, -0.2) is 28.9 Å². The van der Waals surface area contributed by atoms with E-state index in [1.807, 2.05) is 0 Å². The summed E-state index contributed by atoms with van der Waals surface area (Å²) in [5.41, 5.74) is -7.71. The van der Waals surface area contributed by atoms with Gasteiger partial charge in [0.25, 0.3) is 0 Å². The number of ether oxygens (including phenoxy) is 2. The molecule has 5 rings (SSSR count). The maximum absolute atomic E-state index is 14.9. The van der Waals surface area contributed by atoms with Gasteiger partial charge in [0.2, 0.25) is 10.3 Å². The Morgan fingerprint density at radius 1 is 0.820 bits per heavy atom. The molecule has 0 saturated heterocycles. The van der Waals surface area contributed by atoms with E-state index in [-0.39, 0.29) is 98.0 Å². The summed E-state index contributed by atoms with van der Waals surface area (Å²) in [5.74, 6) is -7.58. The number of aromatic nitrogens is 6. The van der Waals surface area contributed by atoms with E-state index >= 15 is 0 Å². The summed E-state index contributed by atoms with van der Waals surface area (Å²) < 4.78 is 98.3. The van der Waals surface area contributed by atoms with Crippen LogP contribution in [0.4, 0.5) is 26.3 Å². The number of nitrogens with zero attached hydrogens (tertiary/aromatic N) is 6.